The van der Waals surface area contributed by atoms with Crippen molar-refractivity contribution in [3.63, 3.8) is 0 Å². The number of anilines is 1. The van der Waals surface area contributed by atoms with E-state index >= 15 is 4.39 Å². The number of hydrogen-bond acceptors (Lipinski definition) is 6. The van der Waals surface area contributed by atoms with Crippen LogP contribution in [0.2, 0.25) is 0 Å². The summed E-state index contributed by atoms with van der Waals surface area (Å²) < 4.78 is 26.3. The number of ether oxygens (including phenoxy) is 1. The van der Waals surface area contributed by atoms with E-state index in [0.717, 1.165) is 5.69 Å². The lowest BCUT2D eigenvalue weighted by molar-refractivity contribution is -0.00543. The molecule has 1 fully saturated rings. The van der Waals surface area contributed by atoms with Gasteiger partial charge in [-0.15, -0.1) is 0 Å². The third-order valence-corrected chi connectivity index (χ3v) is 4.50. The normalized spacial score (nSPS) is 20.7. The number of nitrogens with zero attached hydrogens (tertiary/aromatic N) is 3. The molecule has 1 saturated heterocycles. The lowest BCUT2D eigenvalue weighted by Crippen LogP contribution is -2.46. The summed E-state index contributed by atoms with van der Waals surface area (Å²) >= 11 is 0. The highest BCUT2D eigenvalue weighted by Gasteiger charge is 2.29. The Morgan fingerprint density at radius 3 is 2.69 bits per heavy atom. The van der Waals surface area contributed by atoms with Gasteiger partial charge in [-0.2, -0.15) is 0 Å². The van der Waals surface area contributed by atoms with Gasteiger partial charge >= 0.3 is 0 Å². The number of carbonyl (C=O) groups excluding carboxylic acids is 1. The van der Waals surface area contributed by atoms with Crippen molar-refractivity contribution in [2.75, 3.05) is 18.0 Å². The number of rotatable bonds is 3. The summed E-state index contributed by atoms with van der Waals surface area (Å²) in [5.74, 6) is -0.119. The van der Waals surface area contributed by atoms with E-state index in [4.69, 9.17) is 9.26 Å². The molecule has 0 saturated carbocycles. The van der Waals surface area contributed by atoms with E-state index in [0.29, 0.717) is 36.3 Å². The van der Waals surface area contributed by atoms with Gasteiger partial charge < -0.3 is 19.1 Å². The Kier molecular flexibility index (Phi) is 3.99. The molecule has 0 unspecified atom stereocenters. The van der Waals surface area contributed by atoms with Crippen molar-refractivity contribution in [3.05, 3.63) is 29.3 Å². The van der Waals surface area contributed by atoms with Crippen LogP contribution >= 0.6 is 0 Å². The van der Waals surface area contributed by atoms with E-state index in [1.165, 1.54) is 0 Å². The minimum Gasteiger partial charge on any atom is -0.372 e. The predicted octanol–water partition coefficient (Wildman–Crippen LogP) is 3.09. The molecule has 1 aromatic carbocycles. The van der Waals surface area contributed by atoms with E-state index in [2.05, 4.69) is 15.1 Å². The Morgan fingerprint density at radius 2 is 2.08 bits per heavy atom. The molecule has 8 heteroatoms. The molecular weight excluding hydrogens is 339 g/mol. The van der Waals surface area contributed by atoms with Crippen LogP contribution in [0.25, 0.3) is 22.5 Å². The number of carbonyl (C=O) groups is 1. The fourth-order valence-corrected chi connectivity index (χ4v) is 3.53. The van der Waals surface area contributed by atoms with Crippen molar-refractivity contribution >= 4 is 22.9 Å². The molecule has 0 radical (unpaired) electrons. The van der Waals surface area contributed by atoms with Crippen molar-refractivity contribution < 1.29 is 18.4 Å². The highest BCUT2D eigenvalue weighted by atomic mass is 19.1. The summed E-state index contributed by atoms with van der Waals surface area (Å²) in [5, 5.41) is 4.38. The number of hydrogen-bond donors (Lipinski definition) is 1. The lowest BCUT2D eigenvalue weighted by atomic mass is 10.1. The van der Waals surface area contributed by atoms with Crippen LogP contribution in [0.3, 0.4) is 0 Å². The lowest BCUT2D eigenvalue weighted by Gasteiger charge is -2.37. The first-order chi connectivity index (χ1) is 12.5. The molecule has 136 valence electrons. The summed E-state index contributed by atoms with van der Waals surface area (Å²) in [6.07, 6.45) is 2.25. The van der Waals surface area contributed by atoms with Crippen molar-refractivity contribution in [1.29, 1.82) is 0 Å². The molecule has 2 aromatic heterocycles. The monoisotopic (exact) mass is 358 g/mol. The Morgan fingerprint density at radius 1 is 1.35 bits per heavy atom. The van der Waals surface area contributed by atoms with Crippen molar-refractivity contribution in [1.82, 2.24) is 15.1 Å². The zero-order valence-electron chi connectivity index (χ0n) is 14.7. The van der Waals surface area contributed by atoms with Crippen molar-refractivity contribution in [2.24, 2.45) is 0 Å². The number of aldehydes is 1. The second kappa shape index (κ2) is 6.21. The maximum atomic E-state index is 15.3. The quantitative estimate of drug-likeness (QED) is 0.724. The molecule has 7 nitrogen and oxygen atoms in total. The Hall–Kier alpha value is -2.74. The summed E-state index contributed by atoms with van der Waals surface area (Å²) in [6, 6.07) is 1.61. The van der Waals surface area contributed by atoms with Crippen molar-refractivity contribution in [3.8, 4) is 11.5 Å². The van der Waals surface area contributed by atoms with Crippen LogP contribution in [0.4, 0.5) is 10.1 Å². The highest BCUT2D eigenvalue weighted by molar-refractivity contribution is 5.99. The minimum absolute atomic E-state index is 0.0152. The predicted molar refractivity (Wildman–Crippen MR) is 93.9 cm³/mol. The molecule has 2 atom stereocenters. The van der Waals surface area contributed by atoms with Crippen LogP contribution in [0.1, 0.15) is 29.9 Å². The molecule has 0 amide bonds. The fourth-order valence-electron chi connectivity index (χ4n) is 3.53. The van der Waals surface area contributed by atoms with E-state index < -0.39 is 5.82 Å². The molecular formula is C18H19FN4O3. The molecule has 0 aliphatic carbocycles. The molecule has 26 heavy (non-hydrogen) atoms. The van der Waals surface area contributed by atoms with Crippen LogP contribution in [-0.4, -0.2) is 46.7 Å². The Bertz CT molecular complexity index is 970. The fraction of sp³-hybridized carbons (Fsp3) is 0.389. The SMILES string of the molecule is Cc1c[nH]c(-c2noc3c(F)c(N4C[C@@H](C)O[C@@H](C)C4)c(C=O)cc23)n1. The number of fused-ring (bicyclic) bond motifs is 1. The van der Waals surface area contributed by atoms with Gasteiger partial charge in [-0.1, -0.05) is 5.16 Å². The van der Waals surface area contributed by atoms with E-state index in [-0.39, 0.29) is 29.0 Å². The van der Waals surface area contributed by atoms with Crippen LogP contribution in [-0.2, 0) is 4.74 Å². The topological polar surface area (TPSA) is 84.3 Å². The highest BCUT2D eigenvalue weighted by Crippen LogP contribution is 2.36. The number of imidazole rings is 1. The van der Waals surface area contributed by atoms with Gasteiger partial charge in [-0.05, 0) is 26.8 Å². The first kappa shape index (κ1) is 16.7. The molecule has 0 bridgehead atoms. The zero-order valence-corrected chi connectivity index (χ0v) is 14.7. The van der Waals surface area contributed by atoms with Crippen LogP contribution < -0.4 is 4.90 Å². The number of aromatic amines is 1. The maximum Gasteiger partial charge on any atom is 0.205 e. The number of morpholine rings is 1. The number of aryl methyl sites for hydroxylation is 1. The van der Waals surface area contributed by atoms with E-state index in [9.17, 15) is 4.79 Å². The van der Waals surface area contributed by atoms with Crippen LogP contribution in [0.15, 0.2) is 16.8 Å². The minimum atomic E-state index is -0.590. The summed E-state index contributed by atoms with van der Waals surface area (Å²) in [4.78, 5) is 20.8. The van der Waals surface area contributed by atoms with Crippen LogP contribution in [0, 0.1) is 12.7 Å². The summed E-state index contributed by atoms with van der Waals surface area (Å²) in [6.45, 7) is 6.66. The largest absolute Gasteiger partial charge is 0.372 e. The second-order valence-corrected chi connectivity index (χ2v) is 6.71. The third-order valence-electron chi connectivity index (χ3n) is 4.50. The average molecular weight is 358 g/mol. The number of halogens is 1. The van der Waals surface area contributed by atoms with Gasteiger partial charge in [0, 0.05) is 24.8 Å². The van der Waals surface area contributed by atoms with Gasteiger partial charge in [0.2, 0.25) is 5.58 Å². The van der Waals surface area contributed by atoms with E-state index in [1.807, 2.05) is 25.7 Å². The third kappa shape index (κ3) is 2.66. The number of benzene rings is 1. The number of nitrogens with one attached hydrogen (secondary N) is 1. The van der Waals surface area contributed by atoms with Crippen molar-refractivity contribution in [2.45, 2.75) is 33.0 Å². The standard InChI is InChI=1S/C18H19FN4O3/c1-9-5-20-18(21-9)15-13-4-12(8-24)16(14(19)17(13)26-22-15)23-6-10(2)25-11(3)7-23/h4-5,8,10-11H,6-7H2,1-3H3,(H,20,21)/t10-,11+. The molecule has 1 aliphatic rings. The summed E-state index contributed by atoms with van der Waals surface area (Å²) in [7, 11) is 0. The van der Waals surface area contributed by atoms with Crippen LogP contribution in [0.5, 0.6) is 0 Å². The molecule has 1 N–H and O–H groups in total. The van der Waals surface area contributed by atoms with Gasteiger partial charge in [0.1, 0.15) is 0 Å². The summed E-state index contributed by atoms with van der Waals surface area (Å²) in [5.41, 5.74) is 1.66. The number of aromatic nitrogens is 3. The Balaban J connectivity index is 1.87. The zero-order chi connectivity index (χ0) is 18.4. The molecule has 4 rings (SSSR count). The first-order valence-electron chi connectivity index (χ1n) is 8.47. The van der Waals surface area contributed by atoms with Gasteiger partial charge in [-0.3, -0.25) is 4.79 Å². The second-order valence-electron chi connectivity index (χ2n) is 6.71. The Labute approximate surface area is 149 Å². The van der Waals surface area contributed by atoms with E-state index in [1.54, 1.807) is 12.3 Å². The molecule has 3 aromatic rings. The van der Waals surface area contributed by atoms with Gasteiger partial charge in [0.05, 0.1) is 29.0 Å². The molecule has 3 heterocycles. The maximum absolute atomic E-state index is 15.3. The van der Waals surface area contributed by atoms with Gasteiger partial charge in [-0.25, -0.2) is 9.37 Å². The van der Waals surface area contributed by atoms with Gasteiger partial charge in [0.25, 0.3) is 0 Å². The number of H-pyrrole nitrogens is 1. The first-order valence-corrected chi connectivity index (χ1v) is 8.47. The molecule has 1 aliphatic heterocycles. The average Bonchev–Trinajstić information content (AvgIpc) is 3.19. The van der Waals surface area contributed by atoms with Gasteiger partial charge in [0.15, 0.2) is 23.6 Å². The molecule has 0 spiro atoms. The smallest absolute Gasteiger partial charge is 0.205 e.